The van der Waals surface area contributed by atoms with Crippen LogP contribution in [0.4, 0.5) is 0 Å². The first-order chi connectivity index (χ1) is 8.70. The highest BCUT2D eigenvalue weighted by molar-refractivity contribution is 7.16. The minimum atomic E-state index is 0.177. The molecule has 0 saturated heterocycles. The molecule has 0 fully saturated rings. The van der Waals surface area contributed by atoms with Crippen molar-refractivity contribution >= 4 is 34.3 Å². The van der Waals surface area contributed by atoms with Gasteiger partial charge in [0.05, 0.1) is 10.4 Å². The van der Waals surface area contributed by atoms with Gasteiger partial charge < -0.3 is 10.4 Å². The number of thiophene rings is 2. The lowest BCUT2D eigenvalue weighted by Crippen LogP contribution is -2.27. The van der Waals surface area contributed by atoms with Crippen LogP contribution in [0.15, 0.2) is 29.6 Å². The Kier molecular flexibility index (Phi) is 5.21. The van der Waals surface area contributed by atoms with Gasteiger partial charge in [-0.2, -0.15) is 0 Å². The first-order valence-corrected chi connectivity index (χ1v) is 7.91. The molecule has 2 aromatic rings. The lowest BCUT2D eigenvalue weighted by Gasteiger charge is -2.18. The lowest BCUT2D eigenvalue weighted by atomic mass is 10.1. The summed E-state index contributed by atoms with van der Waals surface area (Å²) in [6, 6.07) is 8.35. The second kappa shape index (κ2) is 6.68. The Morgan fingerprint density at radius 3 is 2.72 bits per heavy atom. The molecule has 0 spiro atoms. The third-order valence-electron chi connectivity index (χ3n) is 2.69. The Balaban J connectivity index is 2.13. The number of aliphatic hydroxyl groups excluding tert-OH is 1. The molecule has 2 N–H and O–H groups in total. The molecular formula is C13H16ClNOS2. The molecule has 0 bridgehead atoms. The number of hydrogen-bond donors (Lipinski definition) is 2. The molecule has 2 aromatic heterocycles. The van der Waals surface area contributed by atoms with Gasteiger partial charge in [-0.05, 0) is 29.5 Å². The van der Waals surface area contributed by atoms with E-state index in [4.69, 9.17) is 16.7 Å². The number of rotatable bonds is 6. The predicted octanol–water partition coefficient (Wildman–Crippen LogP) is 3.77. The molecule has 2 heterocycles. The highest BCUT2D eigenvalue weighted by atomic mass is 35.5. The summed E-state index contributed by atoms with van der Waals surface area (Å²) in [4.78, 5) is 2.49. The highest BCUT2D eigenvalue weighted by Crippen LogP contribution is 2.33. The zero-order valence-electron chi connectivity index (χ0n) is 10.1. The van der Waals surface area contributed by atoms with E-state index in [1.807, 2.05) is 13.0 Å². The van der Waals surface area contributed by atoms with Crippen molar-refractivity contribution in [3.8, 4) is 0 Å². The van der Waals surface area contributed by atoms with Crippen LogP contribution >= 0.6 is 34.3 Å². The molecule has 2 unspecified atom stereocenters. The van der Waals surface area contributed by atoms with Gasteiger partial charge >= 0.3 is 0 Å². The molecule has 0 aliphatic carbocycles. The summed E-state index contributed by atoms with van der Waals surface area (Å²) in [5, 5.41) is 14.7. The molecule has 5 heteroatoms. The quantitative estimate of drug-likeness (QED) is 0.851. The van der Waals surface area contributed by atoms with Crippen molar-refractivity contribution in [1.82, 2.24) is 5.32 Å². The van der Waals surface area contributed by atoms with Gasteiger partial charge in [0, 0.05) is 22.9 Å². The van der Waals surface area contributed by atoms with Crippen molar-refractivity contribution in [2.45, 2.75) is 13.0 Å². The van der Waals surface area contributed by atoms with Crippen LogP contribution in [-0.2, 0) is 0 Å². The standard InChI is InChI=1S/C13H16ClNOS2/c1-9(8-16)7-15-13(10-3-2-6-17-10)11-4-5-12(14)18-11/h2-6,9,13,15-16H,7-8H2,1H3. The van der Waals surface area contributed by atoms with Crippen LogP contribution in [0, 0.1) is 5.92 Å². The molecule has 0 amide bonds. The van der Waals surface area contributed by atoms with Gasteiger partial charge in [-0.1, -0.05) is 24.6 Å². The van der Waals surface area contributed by atoms with E-state index in [1.165, 1.54) is 9.75 Å². The minimum absolute atomic E-state index is 0.177. The fourth-order valence-electron chi connectivity index (χ4n) is 1.66. The maximum Gasteiger partial charge on any atom is 0.0931 e. The Labute approximate surface area is 120 Å². The number of nitrogens with one attached hydrogen (secondary N) is 1. The maximum absolute atomic E-state index is 9.10. The highest BCUT2D eigenvalue weighted by Gasteiger charge is 2.17. The fourth-order valence-corrected chi connectivity index (χ4v) is 3.71. The van der Waals surface area contributed by atoms with Crippen LogP contribution in [0.25, 0.3) is 0 Å². The predicted molar refractivity (Wildman–Crippen MR) is 79.7 cm³/mol. The molecule has 2 atom stereocenters. The zero-order chi connectivity index (χ0) is 13.0. The molecule has 18 heavy (non-hydrogen) atoms. The van der Waals surface area contributed by atoms with Gasteiger partial charge in [0.25, 0.3) is 0 Å². The second-order valence-electron chi connectivity index (χ2n) is 4.29. The SMILES string of the molecule is CC(CO)CNC(c1cccs1)c1ccc(Cl)s1. The minimum Gasteiger partial charge on any atom is -0.396 e. The Morgan fingerprint density at radius 1 is 1.33 bits per heavy atom. The van der Waals surface area contributed by atoms with Gasteiger partial charge in [0.15, 0.2) is 0 Å². The van der Waals surface area contributed by atoms with Crippen LogP contribution in [0.5, 0.6) is 0 Å². The summed E-state index contributed by atoms with van der Waals surface area (Å²) in [5.74, 6) is 0.253. The monoisotopic (exact) mass is 301 g/mol. The molecule has 0 aliphatic rings. The average Bonchev–Trinajstić information content (AvgIpc) is 3.01. The van der Waals surface area contributed by atoms with Crippen molar-refractivity contribution < 1.29 is 5.11 Å². The van der Waals surface area contributed by atoms with E-state index in [2.05, 4.69) is 28.9 Å². The van der Waals surface area contributed by atoms with Crippen molar-refractivity contribution in [3.05, 3.63) is 43.7 Å². The van der Waals surface area contributed by atoms with E-state index in [0.717, 1.165) is 10.9 Å². The molecule has 0 aliphatic heterocycles. The van der Waals surface area contributed by atoms with Crippen LogP contribution in [0.3, 0.4) is 0 Å². The van der Waals surface area contributed by atoms with E-state index >= 15 is 0 Å². The van der Waals surface area contributed by atoms with E-state index < -0.39 is 0 Å². The molecule has 98 valence electrons. The summed E-state index contributed by atoms with van der Waals surface area (Å²) in [5.41, 5.74) is 0. The number of halogens is 1. The molecular weight excluding hydrogens is 286 g/mol. The first-order valence-electron chi connectivity index (χ1n) is 5.83. The summed E-state index contributed by atoms with van der Waals surface area (Å²) >= 11 is 9.34. The van der Waals surface area contributed by atoms with Crippen LogP contribution in [0.1, 0.15) is 22.7 Å². The van der Waals surface area contributed by atoms with Crippen molar-refractivity contribution in [3.63, 3.8) is 0 Å². The zero-order valence-corrected chi connectivity index (χ0v) is 12.5. The van der Waals surface area contributed by atoms with Crippen LogP contribution in [-0.4, -0.2) is 18.3 Å². The van der Waals surface area contributed by atoms with Gasteiger partial charge in [-0.25, -0.2) is 0 Å². The topological polar surface area (TPSA) is 32.3 Å². The van der Waals surface area contributed by atoms with Gasteiger partial charge in [-0.15, -0.1) is 22.7 Å². The van der Waals surface area contributed by atoms with Crippen LogP contribution in [0.2, 0.25) is 4.34 Å². The molecule has 2 nitrogen and oxygen atoms in total. The van der Waals surface area contributed by atoms with Gasteiger partial charge in [0.2, 0.25) is 0 Å². The smallest absolute Gasteiger partial charge is 0.0931 e. The molecule has 0 radical (unpaired) electrons. The maximum atomic E-state index is 9.10. The van der Waals surface area contributed by atoms with Crippen molar-refractivity contribution in [1.29, 1.82) is 0 Å². The van der Waals surface area contributed by atoms with Crippen LogP contribution < -0.4 is 5.32 Å². The van der Waals surface area contributed by atoms with Crippen molar-refractivity contribution in [2.75, 3.05) is 13.2 Å². The summed E-state index contributed by atoms with van der Waals surface area (Å²) < 4.78 is 0.809. The third-order valence-corrected chi connectivity index (χ3v) is 4.92. The van der Waals surface area contributed by atoms with E-state index in [0.29, 0.717) is 0 Å². The molecule has 0 saturated carbocycles. The number of hydrogen-bond acceptors (Lipinski definition) is 4. The van der Waals surface area contributed by atoms with E-state index in [-0.39, 0.29) is 18.6 Å². The largest absolute Gasteiger partial charge is 0.396 e. The fraction of sp³-hybridized carbons (Fsp3) is 0.385. The Bertz CT molecular complexity index is 469. The number of aliphatic hydroxyl groups is 1. The summed E-state index contributed by atoms with van der Waals surface area (Å²) in [7, 11) is 0. The normalized spacial score (nSPS) is 14.6. The van der Waals surface area contributed by atoms with Gasteiger partial charge in [0.1, 0.15) is 0 Å². The van der Waals surface area contributed by atoms with Gasteiger partial charge in [-0.3, -0.25) is 0 Å². The summed E-state index contributed by atoms with van der Waals surface area (Å²) in [6.45, 7) is 3.02. The molecule has 0 aromatic carbocycles. The first kappa shape index (κ1) is 14.0. The van der Waals surface area contributed by atoms with Crippen molar-refractivity contribution in [2.24, 2.45) is 5.92 Å². The Morgan fingerprint density at radius 2 is 2.17 bits per heavy atom. The van der Waals surface area contributed by atoms with E-state index in [1.54, 1.807) is 22.7 Å². The molecule has 2 rings (SSSR count). The van der Waals surface area contributed by atoms with E-state index in [9.17, 15) is 0 Å². The average molecular weight is 302 g/mol. The third kappa shape index (κ3) is 3.56. The lowest BCUT2D eigenvalue weighted by molar-refractivity contribution is 0.232. The second-order valence-corrected chi connectivity index (χ2v) is 7.01. The Hall–Kier alpha value is -0.390. The summed E-state index contributed by atoms with van der Waals surface area (Å²) in [6.07, 6.45) is 0.